The molecule has 0 bridgehead atoms. The molecule has 0 aromatic rings. The van der Waals surface area contributed by atoms with Crippen LogP contribution in [0.2, 0.25) is 0 Å². The molecule has 0 unspecified atom stereocenters. The minimum atomic E-state index is -0.160. The Morgan fingerprint density at radius 1 is 1.25 bits per heavy atom. The minimum Gasteiger partial charge on any atom is -0.337 e. The van der Waals surface area contributed by atoms with E-state index in [1.807, 2.05) is 0 Å². The van der Waals surface area contributed by atoms with Crippen LogP contribution in [0.4, 0.5) is 0 Å². The number of nitrogens with zero attached hydrogens (tertiary/aromatic N) is 1. The van der Waals surface area contributed by atoms with Gasteiger partial charge in [0, 0.05) is 12.1 Å². The molecule has 0 N–H and O–H groups in total. The summed E-state index contributed by atoms with van der Waals surface area (Å²) in [4.78, 5) is 15.3. The van der Waals surface area contributed by atoms with Gasteiger partial charge in [-0.3, -0.25) is 4.79 Å². The van der Waals surface area contributed by atoms with Crippen molar-refractivity contribution in [3.8, 4) is 0 Å². The Hall–Kier alpha value is -0.790. The van der Waals surface area contributed by atoms with Gasteiger partial charge in [-0.05, 0) is 52.9 Å². The summed E-state index contributed by atoms with van der Waals surface area (Å²) < 4.78 is 0. The number of amides is 1. The normalized spacial score (nSPS) is 23.1. The first-order valence-electron chi connectivity index (χ1n) is 8.42. The van der Waals surface area contributed by atoms with E-state index in [9.17, 15) is 4.79 Å². The summed E-state index contributed by atoms with van der Waals surface area (Å²) in [6.07, 6.45) is 11.7. The van der Waals surface area contributed by atoms with Crippen LogP contribution < -0.4 is 0 Å². The van der Waals surface area contributed by atoms with E-state index in [-0.39, 0.29) is 11.0 Å². The molecular formula is C18H31NO. The quantitative estimate of drug-likeness (QED) is 0.685. The third kappa shape index (κ3) is 3.10. The van der Waals surface area contributed by atoms with Crippen LogP contribution in [0.25, 0.3) is 0 Å². The molecule has 1 amide bonds. The van der Waals surface area contributed by atoms with Gasteiger partial charge in [0.05, 0.1) is 5.41 Å². The molecule has 0 aromatic carbocycles. The summed E-state index contributed by atoms with van der Waals surface area (Å²) in [6, 6.07) is 0. The summed E-state index contributed by atoms with van der Waals surface area (Å²) in [6.45, 7) is 9.66. The molecule has 0 saturated heterocycles. The molecule has 0 aromatic heterocycles. The monoisotopic (exact) mass is 277 g/mol. The van der Waals surface area contributed by atoms with Gasteiger partial charge in [-0.15, -0.1) is 0 Å². The van der Waals surface area contributed by atoms with Crippen LogP contribution in [0.1, 0.15) is 79.1 Å². The summed E-state index contributed by atoms with van der Waals surface area (Å²) in [5.74, 6) is 0.397. The number of unbranched alkanes of at least 4 members (excludes halogenated alkanes) is 1. The summed E-state index contributed by atoms with van der Waals surface area (Å²) in [5, 5.41) is 0. The third-order valence-corrected chi connectivity index (χ3v) is 4.96. The van der Waals surface area contributed by atoms with Gasteiger partial charge >= 0.3 is 0 Å². The highest BCUT2D eigenvalue weighted by molar-refractivity contribution is 5.86. The topological polar surface area (TPSA) is 20.3 Å². The first kappa shape index (κ1) is 15.6. The smallest absolute Gasteiger partial charge is 0.233 e. The molecule has 1 aliphatic heterocycles. The van der Waals surface area contributed by atoms with Gasteiger partial charge in [-0.1, -0.05) is 37.8 Å². The number of hydrogen-bond donors (Lipinski definition) is 0. The van der Waals surface area contributed by atoms with Gasteiger partial charge in [0.1, 0.15) is 0 Å². The van der Waals surface area contributed by atoms with Gasteiger partial charge in [-0.25, -0.2) is 0 Å². The molecule has 1 saturated carbocycles. The van der Waals surface area contributed by atoms with E-state index in [0.29, 0.717) is 5.91 Å². The van der Waals surface area contributed by atoms with Crippen molar-refractivity contribution < 1.29 is 4.79 Å². The summed E-state index contributed by atoms with van der Waals surface area (Å²) in [5.41, 5.74) is 1.32. The van der Waals surface area contributed by atoms with Gasteiger partial charge in [0.15, 0.2) is 0 Å². The second-order valence-corrected chi connectivity index (χ2v) is 7.65. The van der Waals surface area contributed by atoms with Gasteiger partial charge in [0.2, 0.25) is 5.91 Å². The highest BCUT2D eigenvalue weighted by Crippen LogP contribution is 2.45. The third-order valence-electron chi connectivity index (χ3n) is 4.96. The van der Waals surface area contributed by atoms with Crippen molar-refractivity contribution in [3.05, 3.63) is 11.6 Å². The average molecular weight is 277 g/mol. The lowest BCUT2D eigenvalue weighted by atomic mass is 9.82. The van der Waals surface area contributed by atoms with Crippen LogP contribution >= 0.6 is 0 Å². The molecule has 2 rings (SSSR count). The van der Waals surface area contributed by atoms with Gasteiger partial charge < -0.3 is 4.90 Å². The maximum Gasteiger partial charge on any atom is 0.233 e. The van der Waals surface area contributed by atoms with E-state index < -0.39 is 0 Å². The second kappa shape index (κ2) is 5.91. The zero-order valence-corrected chi connectivity index (χ0v) is 13.8. The van der Waals surface area contributed by atoms with Crippen molar-refractivity contribution in [2.24, 2.45) is 5.41 Å². The number of hydrogen-bond acceptors (Lipinski definition) is 1. The van der Waals surface area contributed by atoms with E-state index in [0.717, 1.165) is 25.8 Å². The van der Waals surface area contributed by atoms with E-state index in [1.165, 1.54) is 37.7 Å². The Morgan fingerprint density at radius 2 is 1.90 bits per heavy atom. The Bertz CT molecular complexity index is 383. The zero-order valence-electron chi connectivity index (χ0n) is 13.8. The Morgan fingerprint density at radius 3 is 2.45 bits per heavy atom. The largest absolute Gasteiger partial charge is 0.337 e. The SMILES string of the molecule is CCCCC1=CC2(CCCC2)C(=O)N(C(C)(C)C)CC1. The Balaban J connectivity index is 2.28. The van der Waals surface area contributed by atoms with Gasteiger partial charge in [-0.2, -0.15) is 0 Å². The highest BCUT2D eigenvalue weighted by atomic mass is 16.2. The molecule has 0 radical (unpaired) electrons. The zero-order chi connectivity index (χ0) is 14.8. The molecule has 2 aliphatic rings. The van der Waals surface area contributed by atoms with Crippen LogP contribution in [0, 0.1) is 5.41 Å². The van der Waals surface area contributed by atoms with Crippen LogP contribution in [0.15, 0.2) is 11.6 Å². The first-order chi connectivity index (χ1) is 9.39. The summed E-state index contributed by atoms with van der Waals surface area (Å²) >= 11 is 0. The lowest BCUT2D eigenvalue weighted by molar-refractivity contribution is -0.143. The molecule has 114 valence electrons. The predicted octanol–water partition coefficient (Wildman–Crippen LogP) is 4.69. The lowest BCUT2D eigenvalue weighted by Crippen LogP contribution is -2.50. The standard InChI is InChI=1S/C18H31NO/c1-5-6-9-15-10-13-19(17(2,3)4)16(20)18(14-15)11-7-8-12-18/h14H,5-13H2,1-4H3. The maximum atomic E-state index is 13.1. The van der Waals surface area contributed by atoms with Crippen LogP contribution in [-0.2, 0) is 4.79 Å². The summed E-state index contributed by atoms with van der Waals surface area (Å²) in [7, 11) is 0. The predicted molar refractivity (Wildman–Crippen MR) is 84.6 cm³/mol. The number of carbonyl (C=O) groups excluding carboxylic acids is 1. The molecule has 2 nitrogen and oxygen atoms in total. The fourth-order valence-corrected chi connectivity index (χ4v) is 3.76. The molecule has 1 aliphatic carbocycles. The lowest BCUT2D eigenvalue weighted by Gasteiger charge is -2.39. The fourth-order valence-electron chi connectivity index (χ4n) is 3.76. The van der Waals surface area contributed by atoms with Crippen LogP contribution in [0.3, 0.4) is 0 Å². The maximum absolute atomic E-state index is 13.1. The minimum absolute atomic E-state index is 0.0548. The Labute approximate surface area is 124 Å². The molecule has 20 heavy (non-hydrogen) atoms. The van der Waals surface area contributed by atoms with Crippen molar-refractivity contribution in [1.82, 2.24) is 4.90 Å². The molecule has 1 heterocycles. The van der Waals surface area contributed by atoms with Gasteiger partial charge in [0.25, 0.3) is 0 Å². The second-order valence-electron chi connectivity index (χ2n) is 7.65. The first-order valence-corrected chi connectivity index (χ1v) is 8.42. The molecular weight excluding hydrogens is 246 g/mol. The van der Waals surface area contributed by atoms with E-state index in [4.69, 9.17) is 0 Å². The highest BCUT2D eigenvalue weighted by Gasteiger charge is 2.45. The van der Waals surface area contributed by atoms with Crippen molar-refractivity contribution >= 4 is 5.91 Å². The van der Waals surface area contributed by atoms with Crippen molar-refractivity contribution in [2.45, 2.75) is 84.6 Å². The number of rotatable bonds is 3. The van der Waals surface area contributed by atoms with Crippen molar-refractivity contribution in [2.75, 3.05) is 6.54 Å². The molecule has 2 heteroatoms. The van der Waals surface area contributed by atoms with Crippen LogP contribution in [0.5, 0.6) is 0 Å². The van der Waals surface area contributed by atoms with Crippen LogP contribution in [-0.4, -0.2) is 22.9 Å². The average Bonchev–Trinajstić information content (AvgIpc) is 2.77. The fraction of sp³-hybridized carbons (Fsp3) is 0.833. The van der Waals surface area contributed by atoms with E-state index >= 15 is 0 Å². The number of carbonyl (C=O) groups is 1. The molecule has 1 spiro atoms. The van der Waals surface area contributed by atoms with E-state index in [2.05, 4.69) is 38.7 Å². The molecule has 0 atom stereocenters. The van der Waals surface area contributed by atoms with E-state index in [1.54, 1.807) is 0 Å². The Kier molecular flexibility index (Phi) is 4.61. The van der Waals surface area contributed by atoms with Crippen molar-refractivity contribution in [1.29, 1.82) is 0 Å². The van der Waals surface area contributed by atoms with Crippen molar-refractivity contribution in [3.63, 3.8) is 0 Å². The molecule has 1 fully saturated rings.